The third-order valence-corrected chi connectivity index (χ3v) is 2.50. The molecule has 6 nitrogen and oxygen atoms in total. The van der Waals surface area contributed by atoms with Crippen LogP contribution in [-0.2, 0) is 9.53 Å². The predicted octanol–water partition coefficient (Wildman–Crippen LogP) is 1.16. The number of nitrogens with one attached hydrogen (secondary N) is 1. The fourth-order valence-corrected chi connectivity index (χ4v) is 1.22. The van der Waals surface area contributed by atoms with Crippen LogP contribution in [0.4, 0.5) is 0 Å². The van der Waals surface area contributed by atoms with Crippen molar-refractivity contribution in [2.75, 3.05) is 13.7 Å². The molecule has 1 unspecified atom stereocenters. The number of hydrogen-bond donors (Lipinski definition) is 1. The second-order valence-electron chi connectivity index (χ2n) is 3.97. The Morgan fingerprint density at radius 1 is 1.42 bits per heavy atom. The first-order valence-corrected chi connectivity index (χ1v) is 6.04. The summed E-state index contributed by atoms with van der Waals surface area (Å²) in [5.74, 6) is -0.329. The van der Waals surface area contributed by atoms with Crippen LogP contribution in [0, 0.1) is 0 Å². The maximum Gasteiger partial charge on any atom is 0.325 e. The Labute approximate surface area is 112 Å². The van der Waals surface area contributed by atoms with E-state index in [1.165, 1.54) is 13.3 Å². The number of nitrogens with zero attached hydrogens (tertiary/aromatic N) is 1. The van der Waals surface area contributed by atoms with Crippen molar-refractivity contribution >= 4 is 11.9 Å². The number of carbonyl (C=O) groups is 2. The van der Waals surface area contributed by atoms with E-state index in [1.54, 1.807) is 12.1 Å². The molecule has 1 N–H and O–H groups in total. The fraction of sp³-hybridized carbons (Fsp3) is 0.462. The molecule has 0 aliphatic carbocycles. The van der Waals surface area contributed by atoms with Gasteiger partial charge in [0.25, 0.3) is 5.91 Å². The smallest absolute Gasteiger partial charge is 0.325 e. The summed E-state index contributed by atoms with van der Waals surface area (Å²) in [5, 5.41) is 2.40. The number of methoxy groups -OCH3 is 1. The second kappa shape index (κ2) is 7.35. The van der Waals surface area contributed by atoms with Crippen molar-refractivity contribution in [3.8, 4) is 5.75 Å². The molecule has 0 spiro atoms. The van der Waals surface area contributed by atoms with Gasteiger partial charge in [-0.3, -0.25) is 9.59 Å². The van der Waals surface area contributed by atoms with E-state index in [2.05, 4.69) is 15.0 Å². The van der Waals surface area contributed by atoms with Crippen LogP contribution in [0.5, 0.6) is 5.75 Å². The van der Waals surface area contributed by atoms with Crippen molar-refractivity contribution in [3.05, 3.63) is 24.0 Å². The van der Waals surface area contributed by atoms with Gasteiger partial charge in [-0.2, -0.15) is 0 Å². The van der Waals surface area contributed by atoms with Gasteiger partial charge < -0.3 is 14.8 Å². The molecule has 0 bridgehead atoms. The van der Waals surface area contributed by atoms with Gasteiger partial charge in [-0.15, -0.1) is 0 Å². The first kappa shape index (κ1) is 14.9. The molecule has 0 fully saturated rings. The minimum atomic E-state index is -0.509. The standard InChI is InChI=1S/C13H18N2O4/c1-4-9(2)19-10-5-6-11(14-7-10)13(17)15-8-12(16)18-3/h5-7,9H,4,8H2,1-3H3,(H,15,17). The van der Waals surface area contributed by atoms with E-state index < -0.39 is 11.9 Å². The largest absolute Gasteiger partial charge is 0.489 e. The van der Waals surface area contributed by atoms with E-state index >= 15 is 0 Å². The van der Waals surface area contributed by atoms with E-state index in [0.29, 0.717) is 5.75 Å². The zero-order valence-corrected chi connectivity index (χ0v) is 11.3. The zero-order valence-electron chi connectivity index (χ0n) is 11.3. The molecule has 0 radical (unpaired) electrons. The van der Waals surface area contributed by atoms with Crippen LogP contribution >= 0.6 is 0 Å². The van der Waals surface area contributed by atoms with E-state index in [-0.39, 0.29) is 18.3 Å². The van der Waals surface area contributed by atoms with Crippen molar-refractivity contribution in [2.45, 2.75) is 26.4 Å². The molecule has 1 rings (SSSR count). The van der Waals surface area contributed by atoms with Gasteiger partial charge in [0.2, 0.25) is 0 Å². The molecule has 1 amide bonds. The summed E-state index contributed by atoms with van der Waals surface area (Å²) < 4.78 is 9.96. The number of aromatic nitrogens is 1. The molecule has 0 saturated carbocycles. The molecular formula is C13H18N2O4. The molecule has 1 heterocycles. The highest BCUT2D eigenvalue weighted by Gasteiger charge is 2.10. The Bertz CT molecular complexity index is 431. The van der Waals surface area contributed by atoms with E-state index in [9.17, 15) is 9.59 Å². The number of hydrogen-bond acceptors (Lipinski definition) is 5. The Hall–Kier alpha value is -2.11. The van der Waals surface area contributed by atoms with Gasteiger partial charge in [-0.1, -0.05) is 6.92 Å². The molecule has 104 valence electrons. The first-order valence-electron chi connectivity index (χ1n) is 6.04. The number of pyridine rings is 1. The monoisotopic (exact) mass is 266 g/mol. The van der Waals surface area contributed by atoms with Crippen molar-refractivity contribution in [2.24, 2.45) is 0 Å². The highest BCUT2D eigenvalue weighted by Crippen LogP contribution is 2.12. The van der Waals surface area contributed by atoms with Crippen LogP contribution in [0.25, 0.3) is 0 Å². The molecule has 1 aromatic heterocycles. The summed E-state index contributed by atoms with van der Waals surface area (Å²) in [7, 11) is 1.26. The maximum absolute atomic E-state index is 11.6. The van der Waals surface area contributed by atoms with Crippen molar-refractivity contribution < 1.29 is 19.1 Å². The SMILES string of the molecule is CCC(C)Oc1ccc(C(=O)NCC(=O)OC)nc1. The van der Waals surface area contributed by atoms with Crippen molar-refractivity contribution in [1.29, 1.82) is 0 Å². The lowest BCUT2D eigenvalue weighted by Crippen LogP contribution is -2.30. The summed E-state index contributed by atoms with van der Waals surface area (Å²) >= 11 is 0. The maximum atomic E-state index is 11.6. The molecule has 19 heavy (non-hydrogen) atoms. The number of carbonyl (C=O) groups excluding carboxylic acids is 2. The van der Waals surface area contributed by atoms with Crippen LogP contribution in [0.1, 0.15) is 30.8 Å². The number of ether oxygens (including phenoxy) is 2. The number of rotatable bonds is 6. The predicted molar refractivity (Wildman–Crippen MR) is 69.0 cm³/mol. The molecule has 0 aliphatic heterocycles. The van der Waals surface area contributed by atoms with Crippen LogP contribution in [0.3, 0.4) is 0 Å². The van der Waals surface area contributed by atoms with E-state index in [1.807, 2.05) is 13.8 Å². The van der Waals surface area contributed by atoms with Crippen LogP contribution < -0.4 is 10.1 Å². The van der Waals surface area contributed by atoms with Gasteiger partial charge in [0.1, 0.15) is 18.0 Å². The normalized spacial score (nSPS) is 11.5. The van der Waals surface area contributed by atoms with Crippen LogP contribution in [0.15, 0.2) is 18.3 Å². The third kappa shape index (κ3) is 4.95. The van der Waals surface area contributed by atoms with E-state index in [0.717, 1.165) is 6.42 Å². The highest BCUT2D eigenvalue weighted by atomic mass is 16.5. The van der Waals surface area contributed by atoms with Gasteiger partial charge >= 0.3 is 5.97 Å². The summed E-state index contributed by atoms with van der Waals surface area (Å²) in [6, 6.07) is 3.22. The second-order valence-corrected chi connectivity index (χ2v) is 3.97. The molecule has 0 aromatic carbocycles. The Balaban J connectivity index is 2.55. The van der Waals surface area contributed by atoms with Crippen LogP contribution in [0.2, 0.25) is 0 Å². The highest BCUT2D eigenvalue weighted by molar-refractivity contribution is 5.94. The zero-order chi connectivity index (χ0) is 14.3. The minimum absolute atomic E-state index is 0.0980. The molecule has 1 atom stereocenters. The van der Waals surface area contributed by atoms with Gasteiger partial charge in [-0.25, -0.2) is 4.98 Å². The summed E-state index contributed by atoms with van der Waals surface area (Å²) in [6.07, 6.45) is 2.47. The number of esters is 1. The molecule has 0 saturated heterocycles. The lowest BCUT2D eigenvalue weighted by molar-refractivity contribution is -0.139. The first-order chi connectivity index (χ1) is 9.06. The lowest BCUT2D eigenvalue weighted by atomic mass is 10.3. The molecule has 1 aromatic rings. The lowest BCUT2D eigenvalue weighted by Gasteiger charge is -2.12. The van der Waals surface area contributed by atoms with Gasteiger partial charge in [0, 0.05) is 0 Å². The van der Waals surface area contributed by atoms with Crippen molar-refractivity contribution in [3.63, 3.8) is 0 Å². The summed E-state index contributed by atoms with van der Waals surface area (Å²) in [4.78, 5) is 26.5. The van der Waals surface area contributed by atoms with Crippen molar-refractivity contribution in [1.82, 2.24) is 10.3 Å². The molecular weight excluding hydrogens is 248 g/mol. The average Bonchev–Trinajstić information content (AvgIpc) is 2.44. The summed E-state index contributed by atoms with van der Waals surface area (Å²) in [6.45, 7) is 3.80. The number of amides is 1. The fourth-order valence-electron chi connectivity index (χ4n) is 1.22. The average molecular weight is 266 g/mol. The molecule has 0 aliphatic rings. The van der Waals surface area contributed by atoms with Gasteiger partial charge in [0.05, 0.1) is 19.4 Å². The topological polar surface area (TPSA) is 77.5 Å². The van der Waals surface area contributed by atoms with Gasteiger partial charge in [0.15, 0.2) is 0 Å². The quantitative estimate of drug-likeness (QED) is 0.782. The Morgan fingerprint density at radius 2 is 2.16 bits per heavy atom. The third-order valence-electron chi connectivity index (χ3n) is 2.50. The van der Waals surface area contributed by atoms with Crippen LogP contribution in [-0.4, -0.2) is 36.6 Å². The Kier molecular flexibility index (Phi) is 5.78. The van der Waals surface area contributed by atoms with E-state index in [4.69, 9.17) is 4.74 Å². The Morgan fingerprint density at radius 3 is 2.68 bits per heavy atom. The minimum Gasteiger partial charge on any atom is -0.489 e. The summed E-state index contributed by atoms with van der Waals surface area (Å²) in [5.41, 5.74) is 0.223. The van der Waals surface area contributed by atoms with Gasteiger partial charge in [-0.05, 0) is 25.5 Å². The molecule has 6 heteroatoms.